The van der Waals surface area contributed by atoms with Gasteiger partial charge in [-0.25, -0.2) is 10.2 Å². The van der Waals surface area contributed by atoms with Crippen molar-refractivity contribution in [1.29, 1.82) is 0 Å². The van der Waals surface area contributed by atoms with Gasteiger partial charge in [-0.1, -0.05) is 54.1 Å². The fraction of sp³-hybridized carbons (Fsp3) is 0.200. The first-order chi connectivity index (χ1) is 12.0. The molecular formula is C20H22N2O3. The fourth-order valence-electron chi connectivity index (χ4n) is 2.55. The molecule has 2 aromatic rings. The number of aryl methyl sites for hydroxylation is 1. The van der Waals surface area contributed by atoms with Crippen LogP contribution in [0.2, 0.25) is 0 Å². The van der Waals surface area contributed by atoms with E-state index in [1.165, 1.54) is 7.11 Å². The first kappa shape index (κ1) is 18.4. The Labute approximate surface area is 147 Å². The molecule has 5 heteroatoms. The molecule has 0 aliphatic rings. The zero-order valence-corrected chi connectivity index (χ0v) is 14.4. The topological polar surface area (TPSA) is 67.4 Å². The lowest BCUT2D eigenvalue weighted by molar-refractivity contribution is -0.149. The number of rotatable bonds is 7. The number of esters is 1. The number of hydrogen-bond acceptors (Lipinski definition) is 4. The van der Waals surface area contributed by atoms with Crippen LogP contribution in [-0.4, -0.2) is 19.0 Å². The second kappa shape index (κ2) is 8.26. The summed E-state index contributed by atoms with van der Waals surface area (Å²) in [4.78, 5) is 24.9. The highest BCUT2D eigenvalue weighted by molar-refractivity contribution is 5.94. The van der Waals surface area contributed by atoms with Crippen LogP contribution in [0, 0.1) is 6.92 Å². The lowest BCUT2D eigenvalue weighted by Gasteiger charge is -2.32. The standard InChI is InChI=1S/C20H22N2O3/c1-4-14-20(19(24)25-3,17-12-10-15(2)11-13-17)22-21-18(23)16-8-6-5-7-9-16/h4-13,22H,1,14H2,2-3H3,(H,21,23). The average molecular weight is 338 g/mol. The van der Waals surface area contributed by atoms with Crippen molar-refractivity contribution in [3.63, 3.8) is 0 Å². The van der Waals surface area contributed by atoms with E-state index in [1.54, 1.807) is 30.3 Å². The molecule has 0 saturated carbocycles. The van der Waals surface area contributed by atoms with E-state index in [1.807, 2.05) is 37.3 Å². The van der Waals surface area contributed by atoms with Crippen molar-refractivity contribution in [3.8, 4) is 0 Å². The summed E-state index contributed by atoms with van der Waals surface area (Å²) >= 11 is 0. The first-order valence-electron chi connectivity index (χ1n) is 7.92. The van der Waals surface area contributed by atoms with Gasteiger partial charge in [0, 0.05) is 5.56 Å². The molecule has 1 atom stereocenters. The Kier molecular flexibility index (Phi) is 6.08. The van der Waals surface area contributed by atoms with E-state index in [0.717, 1.165) is 5.56 Å². The van der Waals surface area contributed by atoms with E-state index < -0.39 is 11.5 Å². The highest BCUT2D eigenvalue weighted by Gasteiger charge is 2.41. The monoisotopic (exact) mass is 338 g/mol. The molecule has 0 saturated heterocycles. The quantitative estimate of drug-likeness (QED) is 0.463. The summed E-state index contributed by atoms with van der Waals surface area (Å²) in [5.41, 5.74) is 6.46. The Hall–Kier alpha value is -2.92. The van der Waals surface area contributed by atoms with E-state index in [-0.39, 0.29) is 12.3 Å². The molecule has 25 heavy (non-hydrogen) atoms. The third kappa shape index (κ3) is 4.14. The summed E-state index contributed by atoms with van der Waals surface area (Å²) in [6.45, 7) is 5.69. The van der Waals surface area contributed by atoms with Gasteiger partial charge < -0.3 is 4.74 Å². The molecule has 1 unspecified atom stereocenters. The van der Waals surface area contributed by atoms with Gasteiger partial charge in [0.1, 0.15) is 0 Å². The molecule has 0 bridgehead atoms. The van der Waals surface area contributed by atoms with Crippen LogP contribution in [0.5, 0.6) is 0 Å². The Bertz CT molecular complexity index is 741. The van der Waals surface area contributed by atoms with Crippen LogP contribution in [0.15, 0.2) is 67.3 Å². The van der Waals surface area contributed by atoms with Gasteiger partial charge in [0.25, 0.3) is 5.91 Å². The van der Waals surface area contributed by atoms with Crippen LogP contribution < -0.4 is 10.9 Å². The molecular weight excluding hydrogens is 316 g/mol. The second-order valence-electron chi connectivity index (χ2n) is 5.70. The fourth-order valence-corrected chi connectivity index (χ4v) is 2.55. The minimum Gasteiger partial charge on any atom is -0.467 e. The maximum absolute atomic E-state index is 12.6. The van der Waals surface area contributed by atoms with Crippen LogP contribution in [-0.2, 0) is 15.1 Å². The van der Waals surface area contributed by atoms with Crippen LogP contribution in [0.4, 0.5) is 0 Å². The molecule has 1 amide bonds. The summed E-state index contributed by atoms with van der Waals surface area (Å²) in [6, 6.07) is 16.2. The zero-order valence-electron chi connectivity index (χ0n) is 14.4. The smallest absolute Gasteiger partial charge is 0.332 e. The highest BCUT2D eigenvalue weighted by atomic mass is 16.5. The van der Waals surface area contributed by atoms with Crippen molar-refractivity contribution in [3.05, 3.63) is 83.9 Å². The van der Waals surface area contributed by atoms with Gasteiger partial charge in [-0.05, 0) is 31.0 Å². The molecule has 0 aliphatic heterocycles. The lowest BCUT2D eigenvalue weighted by atomic mass is 9.86. The maximum Gasteiger partial charge on any atom is 0.332 e. The third-order valence-corrected chi connectivity index (χ3v) is 3.95. The number of methoxy groups -OCH3 is 1. The largest absolute Gasteiger partial charge is 0.467 e. The number of carbonyl (C=O) groups is 2. The number of hydrogen-bond donors (Lipinski definition) is 2. The molecule has 2 aromatic carbocycles. The molecule has 0 aliphatic carbocycles. The van der Waals surface area contributed by atoms with Crippen LogP contribution in [0.3, 0.4) is 0 Å². The highest BCUT2D eigenvalue weighted by Crippen LogP contribution is 2.27. The SMILES string of the molecule is C=CCC(NNC(=O)c1ccccc1)(C(=O)OC)c1ccc(C)cc1. The Morgan fingerprint density at radius 2 is 1.76 bits per heavy atom. The molecule has 5 nitrogen and oxygen atoms in total. The van der Waals surface area contributed by atoms with Crippen LogP contribution in [0.25, 0.3) is 0 Å². The van der Waals surface area contributed by atoms with Gasteiger partial charge in [-0.15, -0.1) is 6.58 Å². The molecule has 0 heterocycles. The van der Waals surface area contributed by atoms with E-state index >= 15 is 0 Å². The summed E-state index contributed by atoms with van der Waals surface area (Å²) in [5.74, 6) is -0.852. The van der Waals surface area contributed by atoms with E-state index in [4.69, 9.17) is 4.74 Å². The Balaban J connectivity index is 2.33. The predicted octanol–water partition coefficient (Wildman–Crippen LogP) is 2.87. The summed E-state index contributed by atoms with van der Waals surface area (Å²) < 4.78 is 4.99. The Morgan fingerprint density at radius 1 is 1.12 bits per heavy atom. The van der Waals surface area contributed by atoms with Crippen molar-refractivity contribution in [2.75, 3.05) is 7.11 Å². The molecule has 0 fully saturated rings. The van der Waals surface area contributed by atoms with Crippen molar-refractivity contribution >= 4 is 11.9 Å². The average Bonchev–Trinajstić information content (AvgIpc) is 2.65. The zero-order chi connectivity index (χ0) is 18.3. The van der Waals surface area contributed by atoms with Crippen LogP contribution in [0.1, 0.15) is 27.9 Å². The van der Waals surface area contributed by atoms with Crippen LogP contribution >= 0.6 is 0 Å². The van der Waals surface area contributed by atoms with Gasteiger partial charge in [0.15, 0.2) is 5.54 Å². The summed E-state index contributed by atoms with van der Waals surface area (Å²) in [7, 11) is 1.31. The van der Waals surface area contributed by atoms with Gasteiger partial charge in [-0.2, -0.15) is 0 Å². The van der Waals surface area contributed by atoms with E-state index in [9.17, 15) is 9.59 Å². The maximum atomic E-state index is 12.6. The summed E-state index contributed by atoms with van der Waals surface area (Å²) in [6.07, 6.45) is 1.86. The van der Waals surface area contributed by atoms with Gasteiger partial charge >= 0.3 is 5.97 Å². The Morgan fingerprint density at radius 3 is 2.32 bits per heavy atom. The van der Waals surface area contributed by atoms with Crippen molar-refractivity contribution in [2.24, 2.45) is 0 Å². The number of benzene rings is 2. The van der Waals surface area contributed by atoms with Crippen molar-refractivity contribution in [1.82, 2.24) is 10.9 Å². The number of amides is 1. The second-order valence-corrected chi connectivity index (χ2v) is 5.70. The van der Waals surface area contributed by atoms with E-state index in [2.05, 4.69) is 17.4 Å². The van der Waals surface area contributed by atoms with Gasteiger partial charge in [0.05, 0.1) is 7.11 Å². The first-order valence-corrected chi connectivity index (χ1v) is 7.92. The molecule has 0 radical (unpaired) electrons. The molecule has 2 N–H and O–H groups in total. The molecule has 130 valence electrons. The minimum atomic E-state index is -1.26. The minimum absolute atomic E-state index is 0.248. The normalized spacial score (nSPS) is 12.7. The van der Waals surface area contributed by atoms with Crippen molar-refractivity contribution in [2.45, 2.75) is 18.9 Å². The summed E-state index contributed by atoms with van der Waals surface area (Å²) in [5, 5.41) is 0. The predicted molar refractivity (Wildman–Crippen MR) is 96.7 cm³/mol. The van der Waals surface area contributed by atoms with Gasteiger partial charge in [0.2, 0.25) is 0 Å². The number of carbonyl (C=O) groups excluding carboxylic acids is 2. The number of ether oxygens (including phenoxy) is 1. The molecule has 0 aromatic heterocycles. The number of nitrogens with one attached hydrogen (secondary N) is 2. The molecule has 2 rings (SSSR count). The lowest BCUT2D eigenvalue weighted by Crippen LogP contribution is -2.57. The van der Waals surface area contributed by atoms with Crippen molar-refractivity contribution < 1.29 is 14.3 Å². The number of hydrazine groups is 1. The third-order valence-electron chi connectivity index (χ3n) is 3.95. The van der Waals surface area contributed by atoms with Gasteiger partial charge in [-0.3, -0.25) is 10.2 Å². The molecule has 0 spiro atoms. The van der Waals surface area contributed by atoms with E-state index in [0.29, 0.717) is 11.1 Å².